The lowest BCUT2D eigenvalue weighted by Crippen LogP contribution is -2.36. The van der Waals surface area contributed by atoms with Crippen molar-refractivity contribution < 1.29 is 13.6 Å². The van der Waals surface area contributed by atoms with Crippen molar-refractivity contribution in [3.8, 4) is 0 Å². The monoisotopic (exact) mass is 359 g/mol. The van der Waals surface area contributed by atoms with Crippen molar-refractivity contribution in [2.45, 2.75) is 44.6 Å². The summed E-state index contributed by atoms with van der Waals surface area (Å²) in [6.45, 7) is 1.37. The SMILES string of the molecule is O=C(C1CCCCC1)N1CCC(Nc2ccnc3c(F)cc(F)cc23)C1. The molecule has 138 valence electrons. The highest BCUT2D eigenvalue weighted by molar-refractivity contribution is 5.91. The number of hydrogen-bond donors (Lipinski definition) is 1. The summed E-state index contributed by atoms with van der Waals surface area (Å²) in [6.07, 6.45) is 7.88. The molecule has 2 fully saturated rings. The Balaban J connectivity index is 1.47. The third-order valence-corrected chi connectivity index (χ3v) is 5.58. The molecule has 1 aliphatic heterocycles. The molecular formula is C20H23F2N3O. The molecule has 6 heteroatoms. The standard InChI is InChI=1S/C20H23F2N3O/c21-14-10-16-18(6-8-23-19(16)17(22)11-14)24-15-7-9-25(12-15)20(26)13-4-2-1-3-5-13/h6,8,10-11,13,15H,1-5,7,9,12H2,(H,23,24). The lowest BCUT2D eigenvalue weighted by atomic mass is 9.88. The first kappa shape index (κ1) is 17.2. The van der Waals surface area contributed by atoms with E-state index in [1.54, 1.807) is 6.07 Å². The zero-order valence-electron chi connectivity index (χ0n) is 14.7. The van der Waals surface area contributed by atoms with Crippen LogP contribution in [0.15, 0.2) is 24.4 Å². The minimum Gasteiger partial charge on any atom is -0.380 e. The van der Waals surface area contributed by atoms with E-state index >= 15 is 0 Å². The van der Waals surface area contributed by atoms with E-state index in [0.29, 0.717) is 17.6 Å². The van der Waals surface area contributed by atoms with Crippen molar-refractivity contribution in [3.63, 3.8) is 0 Å². The number of nitrogens with one attached hydrogen (secondary N) is 1. The molecule has 1 amide bonds. The van der Waals surface area contributed by atoms with Crippen LogP contribution in [0, 0.1) is 17.6 Å². The molecular weight excluding hydrogens is 336 g/mol. The number of carbonyl (C=O) groups excluding carboxylic acids is 1. The van der Waals surface area contributed by atoms with Crippen LogP contribution in [-0.4, -0.2) is 34.9 Å². The Kier molecular flexibility index (Phi) is 4.74. The van der Waals surface area contributed by atoms with E-state index < -0.39 is 11.6 Å². The van der Waals surface area contributed by atoms with Crippen LogP contribution >= 0.6 is 0 Å². The molecule has 2 aliphatic rings. The molecule has 1 saturated heterocycles. The van der Waals surface area contributed by atoms with Gasteiger partial charge in [-0.2, -0.15) is 0 Å². The summed E-state index contributed by atoms with van der Waals surface area (Å²) in [7, 11) is 0. The number of benzene rings is 1. The van der Waals surface area contributed by atoms with Gasteiger partial charge in [0.15, 0.2) is 5.82 Å². The molecule has 1 atom stereocenters. The molecule has 2 heterocycles. The van der Waals surface area contributed by atoms with Gasteiger partial charge in [0, 0.05) is 48.4 Å². The van der Waals surface area contributed by atoms with E-state index in [0.717, 1.165) is 44.7 Å². The predicted octanol–water partition coefficient (Wildman–Crippen LogP) is 4.11. The van der Waals surface area contributed by atoms with Crippen LogP contribution in [0.2, 0.25) is 0 Å². The zero-order chi connectivity index (χ0) is 18.1. The highest BCUT2D eigenvalue weighted by Crippen LogP contribution is 2.29. The molecule has 1 saturated carbocycles. The van der Waals surface area contributed by atoms with Gasteiger partial charge in [0.25, 0.3) is 0 Å². The molecule has 0 bridgehead atoms. The first-order valence-electron chi connectivity index (χ1n) is 9.41. The number of halogens is 2. The topological polar surface area (TPSA) is 45.2 Å². The summed E-state index contributed by atoms with van der Waals surface area (Å²) in [5.41, 5.74) is 0.815. The molecule has 4 rings (SSSR count). The number of nitrogens with zero attached hydrogens (tertiary/aromatic N) is 2. The number of carbonyl (C=O) groups is 1. The van der Waals surface area contributed by atoms with Gasteiger partial charge in [-0.15, -0.1) is 0 Å². The quantitative estimate of drug-likeness (QED) is 0.897. The van der Waals surface area contributed by atoms with Crippen LogP contribution in [-0.2, 0) is 4.79 Å². The van der Waals surface area contributed by atoms with Gasteiger partial charge in [-0.3, -0.25) is 9.78 Å². The van der Waals surface area contributed by atoms with E-state index in [9.17, 15) is 13.6 Å². The zero-order valence-corrected chi connectivity index (χ0v) is 14.7. The molecule has 4 nitrogen and oxygen atoms in total. The normalized spacial score (nSPS) is 21.3. The molecule has 0 spiro atoms. The van der Waals surface area contributed by atoms with Crippen LogP contribution in [0.3, 0.4) is 0 Å². The van der Waals surface area contributed by atoms with Crippen molar-refractivity contribution in [3.05, 3.63) is 36.0 Å². The van der Waals surface area contributed by atoms with Crippen LogP contribution in [0.5, 0.6) is 0 Å². The largest absolute Gasteiger partial charge is 0.380 e. The van der Waals surface area contributed by atoms with Gasteiger partial charge >= 0.3 is 0 Å². The number of rotatable bonds is 3. The Bertz CT molecular complexity index is 820. The van der Waals surface area contributed by atoms with E-state index in [2.05, 4.69) is 10.3 Å². The van der Waals surface area contributed by atoms with Crippen molar-refractivity contribution in [1.29, 1.82) is 0 Å². The van der Waals surface area contributed by atoms with Gasteiger partial charge in [0.1, 0.15) is 11.3 Å². The van der Waals surface area contributed by atoms with Gasteiger partial charge in [-0.05, 0) is 31.4 Å². The van der Waals surface area contributed by atoms with E-state index in [-0.39, 0.29) is 23.4 Å². The van der Waals surface area contributed by atoms with Crippen molar-refractivity contribution in [1.82, 2.24) is 9.88 Å². The summed E-state index contributed by atoms with van der Waals surface area (Å²) in [5.74, 6) is -0.839. The van der Waals surface area contributed by atoms with Crippen LogP contribution < -0.4 is 5.32 Å². The minimum atomic E-state index is -0.663. The summed E-state index contributed by atoms with van der Waals surface area (Å²) >= 11 is 0. The van der Waals surface area contributed by atoms with Crippen molar-refractivity contribution in [2.75, 3.05) is 18.4 Å². The number of fused-ring (bicyclic) bond motifs is 1. The van der Waals surface area contributed by atoms with E-state index in [1.165, 1.54) is 18.7 Å². The predicted molar refractivity (Wildman–Crippen MR) is 96.8 cm³/mol. The first-order valence-corrected chi connectivity index (χ1v) is 9.41. The van der Waals surface area contributed by atoms with E-state index in [1.807, 2.05) is 4.90 Å². The summed E-state index contributed by atoms with van der Waals surface area (Å²) < 4.78 is 27.5. The number of hydrogen-bond acceptors (Lipinski definition) is 3. The molecule has 1 unspecified atom stereocenters. The van der Waals surface area contributed by atoms with Crippen LogP contribution in [0.4, 0.5) is 14.5 Å². The van der Waals surface area contributed by atoms with Crippen molar-refractivity contribution >= 4 is 22.5 Å². The second-order valence-electron chi connectivity index (χ2n) is 7.39. The number of likely N-dealkylation sites (tertiary alicyclic amines) is 1. The number of amides is 1. The highest BCUT2D eigenvalue weighted by atomic mass is 19.1. The van der Waals surface area contributed by atoms with Gasteiger partial charge in [0.2, 0.25) is 5.91 Å². The number of pyridine rings is 1. The van der Waals surface area contributed by atoms with Gasteiger partial charge < -0.3 is 10.2 Å². The molecule has 1 aromatic carbocycles. The maximum atomic E-state index is 13.9. The molecule has 1 aliphatic carbocycles. The van der Waals surface area contributed by atoms with Gasteiger partial charge in [-0.25, -0.2) is 8.78 Å². The van der Waals surface area contributed by atoms with Gasteiger partial charge in [0.05, 0.1) is 0 Å². The fraction of sp³-hybridized carbons (Fsp3) is 0.500. The summed E-state index contributed by atoms with van der Waals surface area (Å²) in [5, 5.41) is 3.79. The number of anilines is 1. The van der Waals surface area contributed by atoms with E-state index in [4.69, 9.17) is 0 Å². The van der Waals surface area contributed by atoms with Crippen LogP contribution in [0.1, 0.15) is 38.5 Å². The Morgan fingerprint density at radius 1 is 1.15 bits per heavy atom. The average Bonchev–Trinajstić information content (AvgIpc) is 3.11. The van der Waals surface area contributed by atoms with Gasteiger partial charge in [-0.1, -0.05) is 19.3 Å². The lowest BCUT2D eigenvalue weighted by molar-refractivity contribution is -0.135. The Hall–Kier alpha value is -2.24. The first-order chi connectivity index (χ1) is 12.6. The molecule has 2 aromatic rings. The van der Waals surface area contributed by atoms with Crippen molar-refractivity contribution in [2.24, 2.45) is 5.92 Å². The number of aromatic nitrogens is 1. The molecule has 1 N–H and O–H groups in total. The lowest BCUT2D eigenvalue weighted by Gasteiger charge is -2.26. The highest BCUT2D eigenvalue weighted by Gasteiger charge is 2.31. The summed E-state index contributed by atoms with van der Waals surface area (Å²) in [6, 6.07) is 3.96. The molecule has 0 radical (unpaired) electrons. The third-order valence-electron chi connectivity index (χ3n) is 5.58. The maximum absolute atomic E-state index is 13.9. The average molecular weight is 359 g/mol. The van der Waals surface area contributed by atoms with Crippen LogP contribution in [0.25, 0.3) is 10.9 Å². The minimum absolute atomic E-state index is 0.0828. The fourth-order valence-corrected chi connectivity index (χ4v) is 4.21. The second-order valence-corrected chi connectivity index (χ2v) is 7.39. The fourth-order valence-electron chi connectivity index (χ4n) is 4.21. The third kappa shape index (κ3) is 3.37. The second kappa shape index (κ2) is 7.17. The Labute approximate surface area is 151 Å². The molecule has 26 heavy (non-hydrogen) atoms. The molecule has 1 aromatic heterocycles. The Morgan fingerprint density at radius 2 is 1.96 bits per heavy atom. The maximum Gasteiger partial charge on any atom is 0.225 e. The summed E-state index contributed by atoms with van der Waals surface area (Å²) in [4.78, 5) is 18.6. The smallest absolute Gasteiger partial charge is 0.225 e. The Morgan fingerprint density at radius 3 is 2.77 bits per heavy atom.